The van der Waals surface area contributed by atoms with Crippen molar-refractivity contribution >= 4 is 21.6 Å². The lowest BCUT2D eigenvalue weighted by Gasteiger charge is -2.03. The first-order chi connectivity index (χ1) is 7.20. The van der Waals surface area contributed by atoms with Crippen LogP contribution in [0.2, 0.25) is 0 Å². The summed E-state index contributed by atoms with van der Waals surface area (Å²) in [5.74, 6) is 0. The quantitative estimate of drug-likeness (QED) is 0.887. The van der Waals surface area contributed by atoms with E-state index in [9.17, 15) is 5.11 Å². The van der Waals surface area contributed by atoms with E-state index in [1.54, 1.807) is 0 Å². The predicted molar refractivity (Wildman–Crippen MR) is 61.5 cm³/mol. The fraction of sp³-hybridized carbons (Fsp3) is 0.300. The molecule has 5 heteroatoms. The lowest BCUT2D eigenvalue weighted by Crippen LogP contribution is -2.06. The molecule has 0 aliphatic rings. The van der Waals surface area contributed by atoms with Crippen molar-refractivity contribution in [3.8, 4) is 0 Å². The molecular weight excluding hydrogens is 258 g/mol. The van der Waals surface area contributed by atoms with Crippen LogP contribution in [0.3, 0.4) is 0 Å². The minimum absolute atomic E-state index is 0.457. The maximum absolute atomic E-state index is 9.72. The summed E-state index contributed by atoms with van der Waals surface area (Å²) in [5, 5.41) is 9.72. The highest BCUT2D eigenvalue weighted by atomic mass is 79.9. The van der Waals surface area contributed by atoms with Crippen LogP contribution >= 0.6 is 15.9 Å². The molecule has 0 amide bonds. The van der Waals surface area contributed by atoms with Crippen LogP contribution in [0.15, 0.2) is 29.0 Å². The molecule has 0 spiro atoms. The molecule has 1 atom stereocenters. The molecule has 0 bridgehead atoms. The summed E-state index contributed by atoms with van der Waals surface area (Å²) in [7, 11) is 0. The Kier molecular flexibility index (Phi) is 3.04. The van der Waals surface area contributed by atoms with Crippen molar-refractivity contribution < 1.29 is 5.11 Å². The molecule has 2 aromatic rings. The second-order valence-corrected chi connectivity index (χ2v) is 4.29. The van der Waals surface area contributed by atoms with E-state index in [1.807, 2.05) is 28.9 Å². The number of halogens is 1. The van der Waals surface area contributed by atoms with Crippen LogP contribution in [0.4, 0.5) is 0 Å². The highest BCUT2D eigenvalue weighted by Gasteiger charge is 2.10. The molecule has 80 valence electrons. The van der Waals surface area contributed by atoms with Gasteiger partial charge in [0, 0.05) is 16.9 Å². The van der Waals surface area contributed by atoms with Gasteiger partial charge in [-0.3, -0.25) is 0 Å². The third-order valence-corrected chi connectivity index (χ3v) is 2.72. The predicted octanol–water partition coefficient (Wildman–Crippen LogP) is 1.48. The Hall–Kier alpha value is -0.910. The largest absolute Gasteiger partial charge is 0.387 e. The van der Waals surface area contributed by atoms with E-state index in [2.05, 4.69) is 20.9 Å². The van der Waals surface area contributed by atoms with Gasteiger partial charge in [0.05, 0.1) is 11.8 Å². The maximum atomic E-state index is 9.72. The van der Waals surface area contributed by atoms with Gasteiger partial charge in [-0.05, 0) is 25.1 Å². The van der Waals surface area contributed by atoms with E-state index in [0.29, 0.717) is 18.7 Å². The standard InChI is InChI=1S/C10H12BrN3O/c11-7-2-4-14-6-8(9(15)1-3-12)13-10(14)5-7/h2,4-6,9,15H,1,3,12H2. The fourth-order valence-electron chi connectivity index (χ4n) is 1.44. The third-order valence-electron chi connectivity index (χ3n) is 2.22. The Labute approximate surface area is 95.9 Å². The number of aromatic nitrogens is 2. The molecule has 1 unspecified atom stereocenters. The van der Waals surface area contributed by atoms with E-state index >= 15 is 0 Å². The number of pyridine rings is 1. The maximum Gasteiger partial charge on any atom is 0.138 e. The van der Waals surface area contributed by atoms with Gasteiger partial charge in [0.15, 0.2) is 0 Å². The SMILES string of the molecule is NCCC(O)c1cn2ccc(Br)cc2n1. The minimum Gasteiger partial charge on any atom is -0.387 e. The molecule has 0 aromatic carbocycles. The van der Waals surface area contributed by atoms with Crippen molar-refractivity contribution in [3.63, 3.8) is 0 Å². The molecule has 2 heterocycles. The molecule has 0 fully saturated rings. The van der Waals surface area contributed by atoms with Gasteiger partial charge in [-0.2, -0.15) is 0 Å². The van der Waals surface area contributed by atoms with Gasteiger partial charge in [-0.15, -0.1) is 0 Å². The molecule has 4 nitrogen and oxygen atoms in total. The summed E-state index contributed by atoms with van der Waals surface area (Å²) in [6.07, 6.45) is 3.67. The lowest BCUT2D eigenvalue weighted by molar-refractivity contribution is 0.166. The minimum atomic E-state index is -0.575. The molecule has 0 saturated heterocycles. The number of hydrogen-bond donors (Lipinski definition) is 2. The number of nitrogens with two attached hydrogens (primary N) is 1. The highest BCUT2D eigenvalue weighted by Crippen LogP contribution is 2.18. The van der Waals surface area contributed by atoms with E-state index < -0.39 is 6.10 Å². The molecule has 15 heavy (non-hydrogen) atoms. The average molecular weight is 270 g/mol. The number of aliphatic hydroxyl groups excluding tert-OH is 1. The summed E-state index contributed by atoms with van der Waals surface area (Å²) in [6.45, 7) is 0.457. The van der Waals surface area contributed by atoms with Crippen molar-refractivity contribution in [2.75, 3.05) is 6.54 Å². The summed E-state index contributed by atoms with van der Waals surface area (Å²) < 4.78 is 2.85. The first kappa shape index (κ1) is 10.6. The zero-order chi connectivity index (χ0) is 10.8. The van der Waals surface area contributed by atoms with Gasteiger partial charge in [0.1, 0.15) is 5.65 Å². The van der Waals surface area contributed by atoms with E-state index in [1.165, 1.54) is 0 Å². The van der Waals surface area contributed by atoms with Crippen molar-refractivity contribution in [1.82, 2.24) is 9.38 Å². The highest BCUT2D eigenvalue weighted by molar-refractivity contribution is 9.10. The normalized spacial score (nSPS) is 13.3. The van der Waals surface area contributed by atoms with Crippen LogP contribution in [-0.4, -0.2) is 21.0 Å². The monoisotopic (exact) mass is 269 g/mol. The molecular formula is C10H12BrN3O. The zero-order valence-electron chi connectivity index (χ0n) is 8.10. The molecule has 2 rings (SSSR count). The Morgan fingerprint density at radius 3 is 3.13 bits per heavy atom. The van der Waals surface area contributed by atoms with Crippen LogP contribution in [0.25, 0.3) is 5.65 Å². The number of aliphatic hydroxyl groups is 1. The van der Waals surface area contributed by atoms with Gasteiger partial charge in [0.2, 0.25) is 0 Å². The Balaban J connectivity index is 2.38. The number of nitrogens with zero attached hydrogens (tertiary/aromatic N) is 2. The fourth-order valence-corrected chi connectivity index (χ4v) is 1.77. The smallest absolute Gasteiger partial charge is 0.138 e. The van der Waals surface area contributed by atoms with Crippen molar-refractivity contribution in [3.05, 3.63) is 34.7 Å². The van der Waals surface area contributed by atoms with Gasteiger partial charge in [-0.25, -0.2) is 4.98 Å². The van der Waals surface area contributed by atoms with Gasteiger partial charge in [0.25, 0.3) is 0 Å². The summed E-state index contributed by atoms with van der Waals surface area (Å²) in [5.41, 5.74) is 6.86. The molecule has 0 aliphatic carbocycles. The summed E-state index contributed by atoms with van der Waals surface area (Å²) in [6, 6.07) is 3.83. The van der Waals surface area contributed by atoms with Crippen LogP contribution in [0.1, 0.15) is 18.2 Å². The average Bonchev–Trinajstić information content (AvgIpc) is 2.60. The number of rotatable bonds is 3. The Morgan fingerprint density at radius 1 is 1.60 bits per heavy atom. The Morgan fingerprint density at radius 2 is 2.40 bits per heavy atom. The molecule has 0 aliphatic heterocycles. The first-order valence-electron chi connectivity index (χ1n) is 4.73. The van der Waals surface area contributed by atoms with Crippen LogP contribution in [0, 0.1) is 0 Å². The Bertz CT molecular complexity index is 469. The van der Waals surface area contributed by atoms with Gasteiger partial charge >= 0.3 is 0 Å². The van der Waals surface area contributed by atoms with Crippen molar-refractivity contribution in [1.29, 1.82) is 0 Å². The molecule has 0 radical (unpaired) electrons. The lowest BCUT2D eigenvalue weighted by atomic mass is 10.2. The summed E-state index contributed by atoms with van der Waals surface area (Å²) >= 11 is 3.37. The van der Waals surface area contributed by atoms with Crippen LogP contribution < -0.4 is 5.73 Å². The van der Waals surface area contributed by atoms with Gasteiger partial charge < -0.3 is 15.2 Å². The van der Waals surface area contributed by atoms with E-state index in [4.69, 9.17) is 5.73 Å². The van der Waals surface area contributed by atoms with E-state index in [0.717, 1.165) is 10.1 Å². The van der Waals surface area contributed by atoms with E-state index in [-0.39, 0.29) is 0 Å². The number of hydrogen-bond acceptors (Lipinski definition) is 3. The summed E-state index contributed by atoms with van der Waals surface area (Å²) in [4.78, 5) is 4.32. The van der Waals surface area contributed by atoms with Crippen molar-refractivity contribution in [2.24, 2.45) is 5.73 Å². The number of imidazole rings is 1. The van der Waals surface area contributed by atoms with Gasteiger partial charge in [-0.1, -0.05) is 15.9 Å². The second-order valence-electron chi connectivity index (χ2n) is 3.37. The zero-order valence-corrected chi connectivity index (χ0v) is 9.68. The van der Waals surface area contributed by atoms with Crippen molar-refractivity contribution in [2.45, 2.75) is 12.5 Å². The number of fused-ring (bicyclic) bond motifs is 1. The third kappa shape index (κ3) is 2.19. The topological polar surface area (TPSA) is 63.5 Å². The van der Waals surface area contributed by atoms with Crippen LogP contribution in [0.5, 0.6) is 0 Å². The second kappa shape index (κ2) is 4.30. The molecule has 2 aromatic heterocycles. The first-order valence-corrected chi connectivity index (χ1v) is 5.52. The molecule has 0 saturated carbocycles. The molecule has 3 N–H and O–H groups in total. The van der Waals surface area contributed by atoms with Crippen LogP contribution in [-0.2, 0) is 0 Å².